The van der Waals surface area contributed by atoms with Crippen LogP contribution in [0.2, 0.25) is 0 Å². The van der Waals surface area contributed by atoms with E-state index in [9.17, 15) is 33.9 Å². The Hall–Kier alpha value is -3.22. The SMILES string of the molecule is CCC(C)C(N)C(=O)NC(CC(C)C)C(=O)NC(CCC(N)=O)C(=O)NC(CCC(=O)O)C(=O)O. The van der Waals surface area contributed by atoms with Gasteiger partial charge in [0.1, 0.15) is 18.1 Å². The predicted molar refractivity (Wildman–Crippen MR) is 126 cm³/mol. The number of carbonyl (C=O) groups excluding carboxylic acids is 4. The normalized spacial score (nSPS) is 15.3. The van der Waals surface area contributed by atoms with Crippen molar-refractivity contribution in [3.8, 4) is 0 Å². The maximum absolute atomic E-state index is 13.0. The van der Waals surface area contributed by atoms with Crippen LogP contribution in [-0.4, -0.2) is 69.9 Å². The summed E-state index contributed by atoms with van der Waals surface area (Å²) in [5, 5.41) is 25.3. The number of hydrogen-bond donors (Lipinski definition) is 7. The third-order valence-electron chi connectivity index (χ3n) is 5.47. The highest BCUT2D eigenvalue weighted by Crippen LogP contribution is 2.10. The molecule has 5 atom stereocenters. The van der Waals surface area contributed by atoms with Crippen molar-refractivity contribution in [3.05, 3.63) is 0 Å². The third kappa shape index (κ3) is 12.7. The molecule has 13 heteroatoms. The number of aliphatic carboxylic acids is 2. The lowest BCUT2D eigenvalue weighted by Gasteiger charge is -2.26. The molecule has 0 saturated heterocycles. The van der Waals surface area contributed by atoms with Gasteiger partial charge in [-0.25, -0.2) is 4.79 Å². The molecule has 5 unspecified atom stereocenters. The molecule has 0 aromatic heterocycles. The Morgan fingerprint density at radius 1 is 0.771 bits per heavy atom. The van der Waals surface area contributed by atoms with Gasteiger partial charge in [0, 0.05) is 12.8 Å². The molecule has 0 heterocycles. The monoisotopic (exact) mass is 501 g/mol. The fourth-order valence-electron chi connectivity index (χ4n) is 3.11. The van der Waals surface area contributed by atoms with Gasteiger partial charge in [-0.3, -0.25) is 24.0 Å². The number of primary amides is 1. The Bertz CT molecular complexity index is 773. The molecule has 0 aliphatic carbocycles. The van der Waals surface area contributed by atoms with Crippen LogP contribution in [0.1, 0.15) is 66.2 Å². The first-order valence-corrected chi connectivity index (χ1v) is 11.6. The van der Waals surface area contributed by atoms with E-state index in [1.54, 1.807) is 6.92 Å². The van der Waals surface area contributed by atoms with Gasteiger partial charge in [-0.15, -0.1) is 0 Å². The summed E-state index contributed by atoms with van der Waals surface area (Å²) in [6.45, 7) is 7.34. The van der Waals surface area contributed by atoms with Gasteiger partial charge in [-0.1, -0.05) is 34.1 Å². The average Bonchev–Trinajstić information content (AvgIpc) is 2.76. The van der Waals surface area contributed by atoms with E-state index in [2.05, 4.69) is 16.0 Å². The van der Waals surface area contributed by atoms with Crippen LogP contribution in [0.3, 0.4) is 0 Å². The number of carboxylic acids is 2. The fraction of sp³-hybridized carbons (Fsp3) is 0.727. The van der Waals surface area contributed by atoms with E-state index in [1.165, 1.54) is 0 Å². The van der Waals surface area contributed by atoms with Crippen LogP contribution in [-0.2, 0) is 28.8 Å². The molecular weight excluding hydrogens is 462 g/mol. The molecule has 0 aliphatic rings. The van der Waals surface area contributed by atoms with Crippen molar-refractivity contribution < 1.29 is 39.0 Å². The highest BCUT2D eigenvalue weighted by Gasteiger charge is 2.31. The zero-order chi connectivity index (χ0) is 27.3. The highest BCUT2D eigenvalue weighted by atomic mass is 16.4. The number of nitrogens with one attached hydrogen (secondary N) is 3. The zero-order valence-corrected chi connectivity index (χ0v) is 20.7. The smallest absolute Gasteiger partial charge is 0.326 e. The van der Waals surface area contributed by atoms with Gasteiger partial charge in [-0.05, 0) is 31.1 Å². The highest BCUT2D eigenvalue weighted by molar-refractivity contribution is 5.94. The molecule has 0 aromatic carbocycles. The number of carbonyl (C=O) groups is 6. The predicted octanol–water partition coefficient (Wildman–Crippen LogP) is -0.925. The van der Waals surface area contributed by atoms with E-state index in [4.69, 9.17) is 16.6 Å². The Kier molecular flexibility index (Phi) is 14.2. The summed E-state index contributed by atoms with van der Waals surface area (Å²) >= 11 is 0. The standard InChI is InChI=1S/C22H39N5O8/c1-5-12(4)18(24)21(33)27-15(10-11(2)3)20(32)25-13(6-8-16(23)28)19(31)26-14(22(34)35)7-9-17(29)30/h11-15,18H,5-10,24H2,1-4H3,(H2,23,28)(H,25,32)(H,26,31)(H,27,33)(H,29,30)(H,34,35). The van der Waals surface area contributed by atoms with Crippen molar-refractivity contribution in [2.24, 2.45) is 23.3 Å². The average molecular weight is 502 g/mol. The molecule has 0 rings (SSSR count). The van der Waals surface area contributed by atoms with E-state index in [0.717, 1.165) is 0 Å². The molecule has 0 bridgehead atoms. The lowest BCUT2D eigenvalue weighted by molar-refractivity contribution is -0.143. The molecule has 35 heavy (non-hydrogen) atoms. The Labute approximate surface area is 204 Å². The lowest BCUT2D eigenvalue weighted by atomic mass is 9.97. The van der Waals surface area contributed by atoms with Crippen LogP contribution in [0.15, 0.2) is 0 Å². The van der Waals surface area contributed by atoms with E-state index < -0.39 is 66.2 Å². The second-order valence-electron chi connectivity index (χ2n) is 9.00. The minimum atomic E-state index is -1.52. The van der Waals surface area contributed by atoms with Gasteiger partial charge < -0.3 is 37.6 Å². The first-order chi connectivity index (χ1) is 16.2. The van der Waals surface area contributed by atoms with Gasteiger partial charge in [0.05, 0.1) is 6.04 Å². The molecule has 0 saturated carbocycles. The number of carboxylic acid groups (broad SMARTS) is 2. The van der Waals surface area contributed by atoms with E-state index in [0.29, 0.717) is 6.42 Å². The Morgan fingerprint density at radius 2 is 1.26 bits per heavy atom. The summed E-state index contributed by atoms with van der Waals surface area (Å²) in [5.41, 5.74) is 11.1. The van der Waals surface area contributed by atoms with Crippen molar-refractivity contribution in [3.63, 3.8) is 0 Å². The second kappa shape index (κ2) is 15.6. The van der Waals surface area contributed by atoms with Crippen LogP contribution in [0.5, 0.6) is 0 Å². The summed E-state index contributed by atoms with van der Waals surface area (Å²) in [6, 6.07) is -4.76. The summed E-state index contributed by atoms with van der Waals surface area (Å²) in [5.74, 6) is -5.77. The topological polar surface area (TPSA) is 231 Å². The number of amides is 4. The molecule has 200 valence electrons. The van der Waals surface area contributed by atoms with Crippen LogP contribution < -0.4 is 27.4 Å². The molecule has 4 amide bonds. The number of nitrogens with two attached hydrogens (primary N) is 2. The maximum Gasteiger partial charge on any atom is 0.326 e. The summed E-state index contributed by atoms with van der Waals surface area (Å²) in [4.78, 5) is 71.8. The largest absolute Gasteiger partial charge is 0.481 e. The van der Waals surface area contributed by atoms with Crippen molar-refractivity contribution in [2.45, 2.75) is 90.4 Å². The minimum absolute atomic E-state index is 0.0174. The lowest BCUT2D eigenvalue weighted by Crippen LogP contribution is -2.58. The van der Waals surface area contributed by atoms with Gasteiger partial charge in [-0.2, -0.15) is 0 Å². The van der Waals surface area contributed by atoms with Gasteiger partial charge in [0.15, 0.2) is 0 Å². The molecule has 0 aromatic rings. The third-order valence-corrected chi connectivity index (χ3v) is 5.47. The zero-order valence-electron chi connectivity index (χ0n) is 20.7. The first kappa shape index (κ1) is 31.8. The first-order valence-electron chi connectivity index (χ1n) is 11.6. The molecule has 0 fully saturated rings. The summed E-state index contributed by atoms with van der Waals surface area (Å²) in [7, 11) is 0. The molecule has 9 N–H and O–H groups in total. The molecule has 13 nitrogen and oxygen atoms in total. The molecule has 0 spiro atoms. The van der Waals surface area contributed by atoms with E-state index in [1.807, 2.05) is 20.8 Å². The summed E-state index contributed by atoms with van der Waals surface area (Å²) < 4.78 is 0. The minimum Gasteiger partial charge on any atom is -0.481 e. The molecular formula is C22H39N5O8. The van der Waals surface area contributed by atoms with Crippen LogP contribution in [0, 0.1) is 11.8 Å². The van der Waals surface area contributed by atoms with E-state index in [-0.39, 0.29) is 37.5 Å². The van der Waals surface area contributed by atoms with Gasteiger partial charge >= 0.3 is 11.9 Å². The molecule has 0 aliphatic heterocycles. The Morgan fingerprint density at radius 3 is 1.71 bits per heavy atom. The van der Waals surface area contributed by atoms with Crippen molar-refractivity contribution >= 4 is 35.6 Å². The number of rotatable bonds is 17. The number of hydrogen-bond acceptors (Lipinski definition) is 7. The van der Waals surface area contributed by atoms with Crippen LogP contribution in [0.4, 0.5) is 0 Å². The van der Waals surface area contributed by atoms with Crippen molar-refractivity contribution in [1.29, 1.82) is 0 Å². The van der Waals surface area contributed by atoms with Crippen LogP contribution >= 0.6 is 0 Å². The fourth-order valence-corrected chi connectivity index (χ4v) is 3.11. The van der Waals surface area contributed by atoms with Crippen molar-refractivity contribution in [2.75, 3.05) is 0 Å². The van der Waals surface area contributed by atoms with E-state index >= 15 is 0 Å². The summed E-state index contributed by atoms with van der Waals surface area (Å²) in [6.07, 6.45) is -0.526. The quantitative estimate of drug-likeness (QED) is 0.130. The van der Waals surface area contributed by atoms with Gasteiger partial charge in [0.25, 0.3) is 0 Å². The van der Waals surface area contributed by atoms with Crippen molar-refractivity contribution in [1.82, 2.24) is 16.0 Å². The second-order valence-corrected chi connectivity index (χ2v) is 9.00. The van der Waals surface area contributed by atoms with Gasteiger partial charge in [0.2, 0.25) is 23.6 Å². The maximum atomic E-state index is 13.0. The van der Waals surface area contributed by atoms with Crippen LogP contribution in [0.25, 0.3) is 0 Å². The molecule has 0 radical (unpaired) electrons. The Balaban J connectivity index is 5.62.